The number of anilines is 1. The molecular formula is C9H13NO2. The van der Waals surface area contributed by atoms with Crippen molar-refractivity contribution in [1.82, 2.24) is 0 Å². The van der Waals surface area contributed by atoms with Gasteiger partial charge in [-0.3, -0.25) is 0 Å². The zero-order chi connectivity index (χ0) is 8.97. The first kappa shape index (κ1) is 9.03. The third-order valence-corrected chi connectivity index (χ3v) is 1.62. The normalized spacial score (nSPS) is 13.0. The summed E-state index contributed by atoms with van der Waals surface area (Å²) < 4.78 is 0. The maximum absolute atomic E-state index is 8.78. The average Bonchev–Trinajstić information content (AvgIpc) is 2.06. The summed E-state index contributed by atoms with van der Waals surface area (Å²) in [7, 11) is 0. The van der Waals surface area contributed by atoms with E-state index in [0.717, 1.165) is 5.69 Å². The second kappa shape index (κ2) is 4.09. The lowest BCUT2D eigenvalue weighted by molar-refractivity contribution is -0.0491. The molecule has 1 atom stereocenters. The van der Waals surface area contributed by atoms with Gasteiger partial charge in [0.15, 0.2) is 6.29 Å². The van der Waals surface area contributed by atoms with Crippen molar-refractivity contribution >= 4 is 5.69 Å². The molecule has 3 heteroatoms. The zero-order valence-electron chi connectivity index (χ0n) is 6.94. The van der Waals surface area contributed by atoms with Gasteiger partial charge in [-0.2, -0.15) is 0 Å². The number of aliphatic hydroxyl groups is 2. The number of hydrogen-bond acceptors (Lipinski definition) is 3. The quantitative estimate of drug-likeness (QED) is 0.583. The van der Waals surface area contributed by atoms with Crippen LogP contribution < -0.4 is 5.32 Å². The minimum atomic E-state index is -1.33. The van der Waals surface area contributed by atoms with E-state index >= 15 is 0 Å². The number of nitrogens with one attached hydrogen (secondary N) is 1. The Morgan fingerprint density at radius 1 is 1.17 bits per heavy atom. The lowest BCUT2D eigenvalue weighted by atomic mass is 10.2. The molecule has 0 aromatic heterocycles. The molecule has 0 heterocycles. The van der Waals surface area contributed by atoms with Crippen molar-refractivity contribution in [2.45, 2.75) is 19.3 Å². The summed E-state index contributed by atoms with van der Waals surface area (Å²) in [5.41, 5.74) is 0.887. The van der Waals surface area contributed by atoms with Crippen molar-refractivity contribution in [3.8, 4) is 0 Å². The maximum Gasteiger partial charge on any atom is 0.171 e. The van der Waals surface area contributed by atoms with Gasteiger partial charge in [0.2, 0.25) is 0 Å². The zero-order valence-corrected chi connectivity index (χ0v) is 6.94. The maximum atomic E-state index is 8.78. The first-order valence-electron chi connectivity index (χ1n) is 3.88. The fraction of sp³-hybridized carbons (Fsp3) is 0.333. The SMILES string of the molecule is CC(Nc1ccccc1)C(O)O. The Balaban J connectivity index is 2.53. The van der Waals surface area contributed by atoms with Crippen LogP contribution in [0.25, 0.3) is 0 Å². The Morgan fingerprint density at radius 3 is 2.25 bits per heavy atom. The fourth-order valence-corrected chi connectivity index (χ4v) is 0.872. The third-order valence-electron chi connectivity index (χ3n) is 1.62. The molecule has 0 bridgehead atoms. The highest BCUT2D eigenvalue weighted by Crippen LogP contribution is 2.07. The Hall–Kier alpha value is -1.06. The summed E-state index contributed by atoms with van der Waals surface area (Å²) in [6, 6.07) is 9.08. The molecule has 3 nitrogen and oxygen atoms in total. The van der Waals surface area contributed by atoms with Crippen LogP contribution in [0.5, 0.6) is 0 Å². The number of aliphatic hydroxyl groups excluding tert-OH is 1. The van der Waals surface area contributed by atoms with Gasteiger partial charge in [-0.1, -0.05) is 18.2 Å². The standard InChI is InChI=1S/C9H13NO2/c1-7(9(11)12)10-8-5-3-2-4-6-8/h2-7,9-12H,1H3. The minimum absolute atomic E-state index is 0.354. The number of rotatable bonds is 3. The number of hydrogen-bond donors (Lipinski definition) is 3. The molecule has 0 amide bonds. The van der Waals surface area contributed by atoms with Crippen LogP contribution in [0.3, 0.4) is 0 Å². The van der Waals surface area contributed by atoms with Gasteiger partial charge in [-0.05, 0) is 19.1 Å². The van der Waals surface area contributed by atoms with Crippen molar-refractivity contribution in [3.63, 3.8) is 0 Å². The van der Waals surface area contributed by atoms with Gasteiger partial charge >= 0.3 is 0 Å². The van der Waals surface area contributed by atoms with Gasteiger partial charge in [-0.15, -0.1) is 0 Å². The summed E-state index contributed by atoms with van der Waals surface area (Å²) >= 11 is 0. The van der Waals surface area contributed by atoms with Crippen molar-refractivity contribution < 1.29 is 10.2 Å². The molecule has 0 saturated heterocycles. The van der Waals surface area contributed by atoms with E-state index in [1.165, 1.54) is 0 Å². The molecule has 3 N–H and O–H groups in total. The Morgan fingerprint density at radius 2 is 1.75 bits per heavy atom. The molecule has 0 radical (unpaired) electrons. The van der Waals surface area contributed by atoms with Gasteiger partial charge in [0.05, 0.1) is 6.04 Å². The van der Waals surface area contributed by atoms with E-state index in [9.17, 15) is 0 Å². The van der Waals surface area contributed by atoms with E-state index in [1.54, 1.807) is 6.92 Å². The van der Waals surface area contributed by atoms with Crippen LogP contribution in [0.1, 0.15) is 6.92 Å². The van der Waals surface area contributed by atoms with Crippen LogP contribution in [0, 0.1) is 0 Å². The van der Waals surface area contributed by atoms with E-state index in [0.29, 0.717) is 0 Å². The van der Waals surface area contributed by atoms with Crippen LogP contribution in [0.15, 0.2) is 30.3 Å². The van der Waals surface area contributed by atoms with Crippen molar-refractivity contribution in [3.05, 3.63) is 30.3 Å². The monoisotopic (exact) mass is 167 g/mol. The summed E-state index contributed by atoms with van der Waals surface area (Å²) in [6.07, 6.45) is -1.33. The molecule has 0 aliphatic carbocycles. The molecule has 1 aromatic rings. The number of para-hydroxylation sites is 1. The Labute approximate surface area is 71.7 Å². The molecule has 12 heavy (non-hydrogen) atoms. The summed E-state index contributed by atoms with van der Waals surface area (Å²) in [6.45, 7) is 1.71. The lowest BCUT2D eigenvalue weighted by Crippen LogP contribution is -2.29. The van der Waals surface area contributed by atoms with Crippen molar-refractivity contribution in [2.24, 2.45) is 0 Å². The first-order chi connectivity index (χ1) is 5.70. The fourth-order valence-electron chi connectivity index (χ4n) is 0.872. The number of benzene rings is 1. The van der Waals surface area contributed by atoms with Crippen LogP contribution in [0.4, 0.5) is 5.69 Å². The second-order valence-corrected chi connectivity index (χ2v) is 2.71. The van der Waals surface area contributed by atoms with Gasteiger partial charge in [0.1, 0.15) is 0 Å². The Kier molecular flexibility index (Phi) is 3.08. The largest absolute Gasteiger partial charge is 0.377 e. The molecule has 66 valence electrons. The van der Waals surface area contributed by atoms with Gasteiger partial charge in [0.25, 0.3) is 0 Å². The highest BCUT2D eigenvalue weighted by molar-refractivity contribution is 5.43. The molecular weight excluding hydrogens is 154 g/mol. The topological polar surface area (TPSA) is 52.5 Å². The average molecular weight is 167 g/mol. The van der Waals surface area contributed by atoms with E-state index in [4.69, 9.17) is 10.2 Å². The van der Waals surface area contributed by atoms with Crippen molar-refractivity contribution in [1.29, 1.82) is 0 Å². The van der Waals surface area contributed by atoms with Crippen molar-refractivity contribution in [2.75, 3.05) is 5.32 Å². The first-order valence-corrected chi connectivity index (χ1v) is 3.88. The van der Waals surface area contributed by atoms with E-state index in [1.807, 2.05) is 30.3 Å². The highest BCUT2D eigenvalue weighted by Gasteiger charge is 2.08. The molecule has 0 aliphatic heterocycles. The van der Waals surface area contributed by atoms with Crippen LogP contribution >= 0.6 is 0 Å². The van der Waals surface area contributed by atoms with E-state index in [-0.39, 0.29) is 6.04 Å². The lowest BCUT2D eigenvalue weighted by Gasteiger charge is -2.16. The molecule has 1 aromatic carbocycles. The second-order valence-electron chi connectivity index (χ2n) is 2.71. The van der Waals surface area contributed by atoms with Crippen LogP contribution in [-0.4, -0.2) is 22.5 Å². The third kappa shape index (κ3) is 2.53. The molecule has 0 saturated carbocycles. The van der Waals surface area contributed by atoms with Gasteiger partial charge in [0, 0.05) is 5.69 Å². The molecule has 0 spiro atoms. The molecule has 0 fully saturated rings. The highest BCUT2D eigenvalue weighted by atomic mass is 16.5. The van der Waals surface area contributed by atoms with E-state index in [2.05, 4.69) is 5.32 Å². The molecule has 0 aliphatic rings. The Bertz CT molecular complexity index is 223. The smallest absolute Gasteiger partial charge is 0.171 e. The van der Waals surface area contributed by atoms with Gasteiger partial charge in [-0.25, -0.2) is 0 Å². The van der Waals surface area contributed by atoms with E-state index < -0.39 is 6.29 Å². The molecule has 1 unspecified atom stereocenters. The van der Waals surface area contributed by atoms with Gasteiger partial charge < -0.3 is 15.5 Å². The molecule has 1 rings (SSSR count). The summed E-state index contributed by atoms with van der Waals surface area (Å²) in [5, 5.41) is 20.5. The predicted molar refractivity (Wildman–Crippen MR) is 47.8 cm³/mol. The van der Waals surface area contributed by atoms with Crippen LogP contribution in [-0.2, 0) is 0 Å². The minimum Gasteiger partial charge on any atom is -0.377 e. The predicted octanol–water partition coefficient (Wildman–Crippen LogP) is 0.798. The summed E-state index contributed by atoms with van der Waals surface area (Å²) in [5.74, 6) is 0. The van der Waals surface area contributed by atoms with Crippen LogP contribution in [0.2, 0.25) is 0 Å². The summed E-state index contributed by atoms with van der Waals surface area (Å²) in [4.78, 5) is 0.